The van der Waals surface area contributed by atoms with Crippen molar-refractivity contribution in [3.63, 3.8) is 0 Å². The Morgan fingerprint density at radius 1 is 0.256 bits per heavy atom. The Kier molecular flexibility index (Phi) is 67.2. The number of carbonyl (C=O) groups excluding carboxylic acids is 3. The van der Waals surface area contributed by atoms with Crippen molar-refractivity contribution in [2.75, 3.05) is 13.2 Å². The van der Waals surface area contributed by atoms with Gasteiger partial charge < -0.3 is 14.2 Å². The second-order valence-electron chi connectivity index (χ2n) is 23.8. The second kappa shape index (κ2) is 70.1. The molecule has 0 aliphatic carbocycles. The molecule has 0 saturated carbocycles. The van der Waals surface area contributed by atoms with E-state index in [1.807, 2.05) is 0 Å². The monoisotopic (exact) mass is 1140 g/mol. The van der Waals surface area contributed by atoms with Gasteiger partial charge in [0.2, 0.25) is 0 Å². The Bertz CT molecular complexity index is 1550. The lowest BCUT2D eigenvalue weighted by Gasteiger charge is -2.18. The van der Waals surface area contributed by atoms with Crippen LogP contribution in [-0.2, 0) is 28.6 Å². The molecule has 0 fully saturated rings. The number of allylic oxidation sites excluding steroid dienone is 14. The van der Waals surface area contributed by atoms with Crippen molar-refractivity contribution in [3.8, 4) is 0 Å². The van der Waals surface area contributed by atoms with E-state index in [2.05, 4.69) is 106 Å². The van der Waals surface area contributed by atoms with Crippen LogP contribution in [0.3, 0.4) is 0 Å². The van der Waals surface area contributed by atoms with Crippen molar-refractivity contribution in [3.05, 3.63) is 85.1 Å². The molecular weight excluding hydrogens is 1010 g/mol. The Balaban J connectivity index is 4.17. The molecule has 0 radical (unpaired) electrons. The summed E-state index contributed by atoms with van der Waals surface area (Å²) < 4.78 is 17.0. The van der Waals surface area contributed by atoms with Gasteiger partial charge >= 0.3 is 17.9 Å². The molecule has 0 bridgehead atoms. The van der Waals surface area contributed by atoms with E-state index in [0.717, 1.165) is 116 Å². The number of esters is 3. The summed E-state index contributed by atoms with van der Waals surface area (Å²) in [7, 11) is 0. The van der Waals surface area contributed by atoms with Gasteiger partial charge in [-0.15, -0.1) is 0 Å². The molecule has 1 atom stereocenters. The first kappa shape index (κ1) is 78.6. The van der Waals surface area contributed by atoms with Crippen LogP contribution in [0.15, 0.2) is 85.1 Å². The van der Waals surface area contributed by atoms with Gasteiger partial charge in [0.15, 0.2) is 6.10 Å². The first-order valence-electron chi connectivity index (χ1n) is 35.6. The molecule has 0 N–H and O–H groups in total. The maximum absolute atomic E-state index is 12.9. The van der Waals surface area contributed by atoms with E-state index >= 15 is 0 Å². The molecule has 0 aromatic rings. The number of hydrogen-bond acceptors (Lipinski definition) is 6. The van der Waals surface area contributed by atoms with Crippen LogP contribution >= 0.6 is 0 Å². The van der Waals surface area contributed by atoms with Crippen molar-refractivity contribution in [2.45, 2.75) is 367 Å². The van der Waals surface area contributed by atoms with E-state index in [-0.39, 0.29) is 31.1 Å². The molecule has 0 saturated heterocycles. The van der Waals surface area contributed by atoms with Gasteiger partial charge in [-0.1, -0.05) is 311 Å². The van der Waals surface area contributed by atoms with Gasteiger partial charge in [0.25, 0.3) is 0 Å². The molecule has 0 rings (SSSR count). The lowest BCUT2D eigenvalue weighted by Crippen LogP contribution is -2.30. The predicted molar refractivity (Wildman–Crippen MR) is 358 cm³/mol. The molecule has 6 nitrogen and oxygen atoms in total. The fraction of sp³-hybridized carbons (Fsp3) is 0.776. The van der Waals surface area contributed by atoms with E-state index < -0.39 is 6.10 Å². The van der Waals surface area contributed by atoms with Crippen molar-refractivity contribution in [1.82, 2.24) is 0 Å². The SMILES string of the molecule is CC/C=C\C/C=C\C/C=C\C/C=C\CCCCCCCCCCCCCCCCCCCCCCC(=O)OCC(COC(=O)CCCCCCC/C=C\C/C=C\CCCCC)OC(=O)CCCCCCC/C=C\CCCCCCCCC. The fourth-order valence-corrected chi connectivity index (χ4v) is 10.3. The number of ether oxygens (including phenoxy) is 3. The first-order valence-corrected chi connectivity index (χ1v) is 35.6. The van der Waals surface area contributed by atoms with Crippen LogP contribution in [-0.4, -0.2) is 37.2 Å². The van der Waals surface area contributed by atoms with Crippen molar-refractivity contribution in [2.24, 2.45) is 0 Å². The molecule has 1 unspecified atom stereocenters. The third-order valence-corrected chi connectivity index (χ3v) is 15.6. The molecule has 0 aromatic heterocycles. The van der Waals surface area contributed by atoms with Gasteiger partial charge in [-0.3, -0.25) is 14.4 Å². The van der Waals surface area contributed by atoms with Gasteiger partial charge in [-0.25, -0.2) is 0 Å². The Morgan fingerprint density at radius 2 is 0.476 bits per heavy atom. The summed E-state index contributed by atoms with van der Waals surface area (Å²) in [6.45, 7) is 6.53. The first-order chi connectivity index (χ1) is 40.5. The third kappa shape index (κ3) is 67.4. The van der Waals surface area contributed by atoms with E-state index in [9.17, 15) is 14.4 Å². The minimum atomic E-state index is -0.786. The summed E-state index contributed by atoms with van der Waals surface area (Å²) >= 11 is 0. The standard InChI is InChI=1S/C76H134O6/c1-4-7-10-13-16-19-22-25-28-30-31-32-33-34-35-36-37-38-39-40-41-42-43-44-45-46-49-51-54-57-60-63-66-69-75(78)81-72-73(71-80-74(77)68-65-62-59-56-53-50-47-27-24-21-18-15-12-9-6-3)82-76(79)70-67-64-61-58-55-52-48-29-26-23-20-17-14-11-8-5-2/h7,10,16,18-19,21,25,27-29,31-32,47-48,73H,4-6,8-9,11-15,17,20,22-24,26,30,33-46,49-72H2,1-3H3/b10-7-,19-16-,21-18-,28-25-,32-31-,47-27-,48-29-. The van der Waals surface area contributed by atoms with Crippen LogP contribution in [0, 0.1) is 0 Å². The van der Waals surface area contributed by atoms with Crippen LogP contribution in [0.5, 0.6) is 0 Å². The predicted octanol–water partition coefficient (Wildman–Crippen LogP) is 24.6. The second-order valence-corrected chi connectivity index (χ2v) is 23.8. The van der Waals surface area contributed by atoms with E-state index in [0.29, 0.717) is 19.3 Å². The summed E-state index contributed by atoms with van der Waals surface area (Å²) in [5.41, 5.74) is 0. The van der Waals surface area contributed by atoms with Crippen molar-refractivity contribution >= 4 is 17.9 Å². The summed E-state index contributed by atoms with van der Waals surface area (Å²) in [5.74, 6) is -0.883. The Morgan fingerprint density at radius 3 is 0.780 bits per heavy atom. The minimum Gasteiger partial charge on any atom is -0.462 e. The maximum atomic E-state index is 12.9. The average Bonchev–Trinajstić information content (AvgIpc) is 3.47. The number of carbonyl (C=O) groups is 3. The Labute approximate surface area is 509 Å². The molecule has 82 heavy (non-hydrogen) atoms. The van der Waals surface area contributed by atoms with Gasteiger partial charge in [0.05, 0.1) is 0 Å². The van der Waals surface area contributed by atoms with Gasteiger partial charge in [-0.05, 0) is 116 Å². The lowest BCUT2D eigenvalue weighted by molar-refractivity contribution is -0.167. The van der Waals surface area contributed by atoms with Crippen LogP contribution < -0.4 is 0 Å². The van der Waals surface area contributed by atoms with E-state index in [1.54, 1.807) is 0 Å². The summed E-state index contributed by atoms with van der Waals surface area (Å²) in [6.07, 6.45) is 93.3. The van der Waals surface area contributed by atoms with Crippen LogP contribution in [0.25, 0.3) is 0 Å². The highest BCUT2D eigenvalue weighted by Gasteiger charge is 2.19. The topological polar surface area (TPSA) is 78.9 Å². The van der Waals surface area contributed by atoms with Crippen LogP contribution in [0.4, 0.5) is 0 Å². The smallest absolute Gasteiger partial charge is 0.306 e. The van der Waals surface area contributed by atoms with Crippen molar-refractivity contribution in [1.29, 1.82) is 0 Å². The molecule has 6 heteroatoms. The molecule has 0 amide bonds. The molecule has 0 heterocycles. The van der Waals surface area contributed by atoms with Gasteiger partial charge in [0, 0.05) is 19.3 Å². The summed E-state index contributed by atoms with van der Waals surface area (Å²) in [6, 6.07) is 0. The highest BCUT2D eigenvalue weighted by atomic mass is 16.6. The molecule has 0 spiro atoms. The normalized spacial score (nSPS) is 12.6. The molecule has 474 valence electrons. The van der Waals surface area contributed by atoms with E-state index in [4.69, 9.17) is 14.2 Å². The molecule has 0 aliphatic rings. The van der Waals surface area contributed by atoms with Gasteiger partial charge in [0.1, 0.15) is 13.2 Å². The molecule has 0 aromatic carbocycles. The molecular formula is C76H134O6. The quantitative estimate of drug-likeness (QED) is 0.0261. The van der Waals surface area contributed by atoms with E-state index in [1.165, 1.54) is 205 Å². The zero-order chi connectivity index (χ0) is 59.2. The fourth-order valence-electron chi connectivity index (χ4n) is 10.3. The summed E-state index contributed by atoms with van der Waals surface area (Å²) in [4.78, 5) is 38.4. The lowest BCUT2D eigenvalue weighted by atomic mass is 10.0. The van der Waals surface area contributed by atoms with Crippen molar-refractivity contribution < 1.29 is 28.6 Å². The average molecular weight is 1140 g/mol. The largest absolute Gasteiger partial charge is 0.462 e. The summed E-state index contributed by atoms with van der Waals surface area (Å²) in [5, 5.41) is 0. The van der Waals surface area contributed by atoms with Crippen LogP contribution in [0.1, 0.15) is 361 Å². The number of rotatable bonds is 65. The highest BCUT2D eigenvalue weighted by Crippen LogP contribution is 2.18. The zero-order valence-electron chi connectivity index (χ0n) is 54.5. The molecule has 0 aliphatic heterocycles. The number of hydrogen-bond donors (Lipinski definition) is 0. The maximum Gasteiger partial charge on any atom is 0.306 e. The third-order valence-electron chi connectivity index (χ3n) is 15.6. The minimum absolute atomic E-state index is 0.0800. The highest BCUT2D eigenvalue weighted by molar-refractivity contribution is 5.71. The van der Waals surface area contributed by atoms with Gasteiger partial charge in [-0.2, -0.15) is 0 Å². The van der Waals surface area contributed by atoms with Crippen LogP contribution in [0.2, 0.25) is 0 Å². The zero-order valence-corrected chi connectivity index (χ0v) is 54.5. The number of unbranched alkanes of at least 4 members (excludes halogenated alkanes) is 40. The Hall–Kier alpha value is -3.41.